The first-order valence-electron chi connectivity index (χ1n) is 8.73. The Bertz CT molecular complexity index is 947. The number of rotatable bonds is 5. The number of methoxy groups -OCH3 is 1. The van der Waals surface area contributed by atoms with Gasteiger partial charge < -0.3 is 19.6 Å². The lowest BCUT2D eigenvalue weighted by Crippen LogP contribution is -2.31. The third-order valence-corrected chi connectivity index (χ3v) is 5.08. The molecule has 1 aromatic carbocycles. The first-order chi connectivity index (χ1) is 12.6. The summed E-state index contributed by atoms with van der Waals surface area (Å²) in [5, 5.41) is 8.77. The van der Waals surface area contributed by atoms with Gasteiger partial charge in [0.25, 0.3) is 5.88 Å². The highest BCUT2D eigenvalue weighted by atomic mass is 35.5. The van der Waals surface area contributed by atoms with E-state index in [1.54, 1.807) is 6.07 Å². The lowest BCUT2D eigenvalue weighted by atomic mass is 9.91. The Labute approximate surface area is 155 Å². The molecule has 6 nitrogen and oxygen atoms in total. The number of carbonyl (C=O) groups excluding carboxylic acids is 1. The minimum Gasteiger partial charge on any atom is -0.479 e. The minimum atomic E-state index is -0.00472. The van der Waals surface area contributed by atoms with Crippen LogP contribution in [0.4, 0.5) is 0 Å². The molecule has 26 heavy (non-hydrogen) atoms. The van der Waals surface area contributed by atoms with E-state index in [1.165, 1.54) is 12.7 Å². The van der Waals surface area contributed by atoms with Gasteiger partial charge in [-0.15, -0.1) is 0 Å². The number of carbonyl (C=O) groups is 1. The Morgan fingerprint density at radius 2 is 2.35 bits per heavy atom. The molecule has 0 radical (unpaired) electrons. The predicted molar refractivity (Wildman–Crippen MR) is 98.5 cm³/mol. The van der Waals surface area contributed by atoms with Crippen LogP contribution < -0.4 is 10.1 Å². The van der Waals surface area contributed by atoms with Crippen LogP contribution in [0.2, 0.25) is 5.02 Å². The van der Waals surface area contributed by atoms with Gasteiger partial charge in [0.05, 0.1) is 13.2 Å². The second kappa shape index (κ2) is 7.03. The number of halogens is 1. The van der Waals surface area contributed by atoms with Crippen LogP contribution in [0.15, 0.2) is 28.8 Å². The number of aromatic amines is 1. The Morgan fingerprint density at radius 3 is 3.15 bits per heavy atom. The van der Waals surface area contributed by atoms with Gasteiger partial charge in [0.1, 0.15) is 5.76 Å². The molecule has 2 aromatic heterocycles. The number of nitrogens with one attached hydrogen (secondary N) is 2. The van der Waals surface area contributed by atoms with Gasteiger partial charge in [0.2, 0.25) is 5.91 Å². The Morgan fingerprint density at radius 1 is 1.46 bits per heavy atom. The van der Waals surface area contributed by atoms with Gasteiger partial charge in [-0.25, -0.2) is 0 Å². The predicted octanol–water partition coefficient (Wildman–Crippen LogP) is 3.94. The van der Waals surface area contributed by atoms with Crippen LogP contribution in [0.5, 0.6) is 5.88 Å². The number of hydrogen-bond donors (Lipinski definition) is 2. The van der Waals surface area contributed by atoms with Crippen LogP contribution in [0.25, 0.3) is 10.9 Å². The van der Waals surface area contributed by atoms with E-state index in [-0.39, 0.29) is 11.9 Å². The average Bonchev–Trinajstić information content (AvgIpc) is 3.25. The van der Waals surface area contributed by atoms with Crippen molar-refractivity contribution in [2.45, 2.75) is 38.1 Å². The van der Waals surface area contributed by atoms with Crippen molar-refractivity contribution in [3.05, 3.63) is 46.3 Å². The number of benzene rings is 1. The molecule has 3 aromatic rings. The van der Waals surface area contributed by atoms with Gasteiger partial charge >= 0.3 is 0 Å². The molecule has 1 amide bonds. The highest BCUT2D eigenvalue weighted by molar-refractivity contribution is 6.31. The van der Waals surface area contributed by atoms with Crippen LogP contribution in [-0.4, -0.2) is 23.2 Å². The molecule has 4 rings (SSSR count). The zero-order chi connectivity index (χ0) is 18.1. The van der Waals surface area contributed by atoms with Gasteiger partial charge in [0, 0.05) is 40.5 Å². The van der Waals surface area contributed by atoms with Gasteiger partial charge in [-0.1, -0.05) is 11.6 Å². The number of hydrogen-bond acceptors (Lipinski definition) is 4. The average molecular weight is 374 g/mol. The van der Waals surface area contributed by atoms with Crippen LogP contribution in [0, 0.1) is 0 Å². The minimum absolute atomic E-state index is 0.00156. The maximum atomic E-state index is 12.4. The molecular formula is C19H20ClN3O3. The quantitative estimate of drug-likeness (QED) is 0.709. The fourth-order valence-corrected chi connectivity index (χ4v) is 3.76. The second-order valence-corrected chi connectivity index (χ2v) is 6.99. The fourth-order valence-electron chi connectivity index (χ4n) is 3.59. The van der Waals surface area contributed by atoms with E-state index in [2.05, 4.69) is 15.5 Å². The van der Waals surface area contributed by atoms with E-state index in [9.17, 15) is 4.79 Å². The number of aryl methyl sites for hydroxylation is 2. The maximum absolute atomic E-state index is 12.4. The standard InChI is InChI=1S/C19H20ClN3O3/c1-25-18-10-12(26-23-18)6-8-17(24)21-16-4-2-3-13-14-9-11(20)5-7-15(14)22-19(13)16/h5,7,9-10,16,22H,2-4,6,8H2,1H3,(H,21,24). The second-order valence-electron chi connectivity index (χ2n) is 6.56. The van der Waals surface area contributed by atoms with E-state index in [4.69, 9.17) is 20.9 Å². The summed E-state index contributed by atoms with van der Waals surface area (Å²) in [4.78, 5) is 15.9. The van der Waals surface area contributed by atoms with E-state index in [1.807, 2.05) is 18.2 Å². The van der Waals surface area contributed by atoms with E-state index in [0.717, 1.165) is 40.9 Å². The number of H-pyrrole nitrogens is 1. The van der Waals surface area contributed by atoms with E-state index in [0.29, 0.717) is 24.5 Å². The van der Waals surface area contributed by atoms with Crippen molar-refractivity contribution in [2.75, 3.05) is 7.11 Å². The van der Waals surface area contributed by atoms with Crippen molar-refractivity contribution < 1.29 is 14.1 Å². The number of amides is 1. The van der Waals surface area contributed by atoms with Crippen molar-refractivity contribution >= 4 is 28.4 Å². The summed E-state index contributed by atoms with van der Waals surface area (Å²) in [7, 11) is 1.53. The molecule has 2 N–H and O–H groups in total. The normalized spacial score (nSPS) is 16.5. The van der Waals surface area contributed by atoms with Gasteiger partial charge in [-0.3, -0.25) is 4.79 Å². The van der Waals surface area contributed by atoms with Gasteiger partial charge in [0.15, 0.2) is 0 Å². The molecule has 1 unspecified atom stereocenters. The summed E-state index contributed by atoms with van der Waals surface area (Å²) in [6, 6.07) is 7.57. The van der Waals surface area contributed by atoms with Crippen molar-refractivity contribution in [3.8, 4) is 5.88 Å². The lowest BCUT2D eigenvalue weighted by Gasteiger charge is -2.23. The van der Waals surface area contributed by atoms with Crippen molar-refractivity contribution in [3.63, 3.8) is 0 Å². The largest absolute Gasteiger partial charge is 0.479 e. The zero-order valence-corrected chi connectivity index (χ0v) is 15.2. The third-order valence-electron chi connectivity index (χ3n) is 4.85. The van der Waals surface area contributed by atoms with Crippen LogP contribution in [0.3, 0.4) is 0 Å². The number of nitrogens with zero attached hydrogens (tertiary/aromatic N) is 1. The van der Waals surface area contributed by atoms with E-state index >= 15 is 0 Å². The Kier molecular flexibility index (Phi) is 4.59. The molecule has 1 aliphatic rings. The summed E-state index contributed by atoms with van der Waals surface area (Å²) in [6.45, 7) is 0. The topological polar surface area (TPSA) is 80.1 Å². The molecule has 0 saturated heterocycles. The van der Waals surface area contributed by atoms with Crippen LogP contribution in [-0.2, 0) is 17.6 Å². The molecule has 1 atom stereocenters. The molecular weight excluding hydrogens is 354 g/mol. The van der Waals surface area contributed by atoms with Crippen molar-refractivity contribution in [1.29, 1.82) is 0 Å². The third kappa shape index (κ3) is 3.29. The summed E-state index contributed by atoms with van der Waals surface area (Å²) in [5.41, 5.74) is 3.43. The Balaban J connectivity index is 1.46. The van der Waals surface area contributed by atoms with Crippen molar-refractivity contribution in [2.24, 2.45) is 0 Å². The van der Waals surface area contributed by atoms with Crippen LogP contribution in [0.1, 0.15) is 42.3 Å². The van der Waals surface area contributed by atoms with Gasteiger partial charge in [-0.05, 0) is 48.2 Å². The summed E-state index contributed by atoms with van der Waals surface area (Å²) in [5.74, 6) is 1.06. The van der Waals surface area contributed by atoms with Crippen LogP contribution >= 0.6 is 11.6 Å². The molecule has 1 aliphatic carbocycles. The monoisotopic (exact) mass is 373 g/mol. The van der Waals surface area contributed by atoms with Gasteiger partial charge in [-0.2, -0.15) is 0 Å². The molecule has 0 bridgehead atoms. The first kappa shape index (κ1) is 17.0. The first-order valence-corrected chi connectivity index (χ1v) is 9.11. The molecule has 0 spiro atoms. The molecule has 136 valence electrons. The number of ether oxygens (including phenoxy) is 1. The number of fused-ring (bicyclic) bond motifs is 3. The summed E-state index contributed by atoms with van der Waals surface area (Å²) in [6.07, 6.45) is 3.80. The van der Waals surface area contributed by atoms with Crippen molar-refractivity contribution in [1.82, 2.24) is 15.5 Å². The highest BCUT2D eigenvalue weighted by Crippen LogP contribution is 2.35. The molecule has 0 aliphatic heterocycles. The molecule has 7 heteroatoms. The number of aromatic nitrogens is 2. The summed E-state index contributed by atoms with van der Waals surface area (Å²) < 4.78 is 10.1. The summed E-state index contributed by atoms with van der Waals surface area (Å²) >= 11 is 6.14. The molecule has 2 heterocycles. The highest BCUT2D eigenvalue weighted by Gasteiger charge is 2.25. The SMILES string of the molecule is COc1cc(CCC(=O)NC2CCCc3c2[nH]c2ccc(Cl)cc32)on1. The smallest absolute Gasteiger partial charge is 0.254 e. The Hall–Kier alpha value is -2.47. The van der Waals surface area contributed by atoms with E-state index < -0.39 is 0 Å². The molecule has 0 fully saturated rings. The maximum Gasteiger partial charge on any atom is 0.254 e. The zero-order valence-electron chi connectivity index (χ0n) is 14.5. The lowest BCUT2D eigenvalue weighted by molar-refractivity contribution is -0.122. The fraction of sp³-hybridized carbons (Fsp3) is 0.368. The molecule has 0 saturated carbocycles.